The molecule has 0 aliphatic rings. The summed E-state index contributed by atoms with van der Waals surface area (Å²) < 4.78 is 6.02. The predicted molar refractivity (Wildman–Crippen MR) is 113 cm³/mol. The Morgan fingerprint density at radius 1 is 0.964 bits per heavy atom. The molecule has 0 radical (unpaired) electrons. The van der Waals surface area contributed by atoms with Crippen LogP contribution in [0.1, 0.15) is 22.8 Å². The van der Waals surface area contributed by atoms with Crippen LogP contribution in [0, 0.1) is 0 Å². The van der Waals surface area contributed by atoms with Gasteiger partial charge in [0.05, 0.1) is 11.1 Å². The SMILES string of the molecule is CC(=O)c1c(OCc2ccccc2)nc2ccc(Cl)cc2c1-c1ccccc1. The van der Waals surface area contributed by atoms with Gasteiger partial charge in [0.1, 0.15) is 6.61 Å². The van der Waals surface area contributed by atoms with Gasteiger partial charge in [0.2, 0.25) is 5.88 Å². The highest BCUT2D eigenvalue weighted by Gasteiger charge is 2.21. The average Bonchev–Trinajstić information content (AvgIpc) is 2.72. The summed E-state index contributed by atoms with van der Waals surface area (Å²) in [6.07, 6.45) is 0. The minimum absolute atomic E-state index is 0.101. The number of nitrogens with zero attached hydrogens (tertiary/aromatic N) is 1. The molecule has 3 nitrogen and oxygen atoms in total. The van der Waals surface area contributed by atoms with E-state index in [0.29, 0.717) is 23.1 Å². The first-order chi connectivity index (χ1) is 13.6. The van der Waals surface area contributed by atoms with Crippen molar-refractivity contribution in [2.45, 2.75) is 13.5 Å². The van der Waals surface area contributed by atoms with E-state index in [2.05, 4.69) is 4.98 Å². The lowest BCUT2D eigenvalue weighted by Crippen LogP contribution is -2.07. The summed E-state index contributed by atoms with van der Waals surface area (Å²) in [7, 11) is 0. The number of benzene rings is 3. The fourth-order valence-corrected chi connectivity index (χ4v) is 3.45. The van der Waals surface area contributed by atoms with E-state index in [-0.39, 0.29) is 5.78 Å². The summed E-state index contributed by atoms with van der Waals surface area (Å²) in [5.74, 6) is 0.237. The van der Waals surface area contributed by atoms with Crippen molar-refractivity contribution in [1.29, 1.82) is 0 Å². The number of ketones is 1. The van der Waals surface area contributed by atoms with Crippen molar-refractivity contribution in [2.24, 2.45) is 0 Å². The van der Waals surface area contributed by atoms with Gasteiger partial charge in [-0.3, -0.25) is 4.79 Å². The number of carbonyl (C=O) groups excluding carboxylic acids is 1. The lowest BCUT2D eigenvalue weighted by Gasteiger charge is -2.16. The summed E-state index contributed by atoms with van der Waals surface area (Å²) >= 11 is 6.25. The molecule has 0 spiro atoms. The second-order valence-corrected chi connectivity index (χ2v) is 6.96. The topological polar surface area (TPSA) is 39.2 Å². The molecule has 28 heavy (non-hydrogen) atoms. The second-order valence-electron chi connectivity index (χ2n) is 6.52. The molecule has 0 saturated heterocycles. The molecule has 4 rings (SSSR count). The maximum atomic E-state index is 12.6. The molecular formula is C24H18ClNO2. The summed E-state index contributed by atoms with van der Waals surface area (Å²) in [6, 6.07) is 25.1. The predicted octanol–water partition coefficient (Wildman–Crippen LogP) is 6.34. The molecule has 0 bridgehead atoms. The van der Waals surface area contributed by atoms with Gasteiger partial charge in [-0.2, -0.15) is 0 Å². The number of carbonyl (C=O) groups is 1. The van der Waals surface area contributed by atoms with E-state index < -0.39 is 0 Å². The Labute approximate surface area is 168 Å². The molecule has 0 unspecified atom stereocenters. The summed E-state index contributed by atoms with van der Waals surface area (Å²) in [4.78, 5) is 17.3. The minimum Gasteiger partial charge on any atom is -0.472 e. The number of pyridine rings is 1. The molecule has 0 atom stereocenters. The second kappa shape index (κ2) is 7.83. The molecule has 0 fully saturated rings. The lowest BCUT2D eigenvalue weighted by atomic mass is 9.94. The number of fused-ring (bicyclic) bond motifs is 1. The zero-order valence-electron chi connectivity index (χ0n) is 15.4. The van der Waals surface area contributed by atoms with Gasteiger partial charge in [0, 0.05) is 16.0 Å². The molecule has 0 saturated carbocycles. The van der Waals surface area contributed by atoms with Crippen molar-refractivity contribution in [3.8, 4) is 17.0 Å². The number of hydrogen-bond acceptors (Lipinski definition) is 3. The maximum Gasteiger partial charge on any atom is 0.225 e. The number of hydrogen-bond donors (Lipinski definition) is 0. The van der Waals surface area contributed by atoms with E-state index >= 15 is 0 Å². The smallest absolute Gasteiger partial charge is 0.225 e. The van der Waals surface area contributed by atoms with Crippen LogP contribution in [-0.2, 0) is 6.61 Å². The van der Waals surface area contributed by atoms with Gasteiger partial charge >= 0.3 is 0 Å². The Bertz CT molecular complexity index is 1140. The first kappa shape index (κ1) is 18.2. The van der Waals surface area contributed by atoms with Gasteiger partial charge < -0.3 is 4.74 Å². The highest BCUT2D eigenvalue weighted by molar-refractivity contribution is 6.31. The molecule has 138 valence electrons. The van der Waals surface area contributed by atoms with Crippen LogP contribution < -0.4 is 4.74 Å². The van der Waals surface area contributed by atoms with Crippen LogP contribution in [0.5, 0.6) is 5.88 Å². The first-order valence-corrected chi connectivity index (χ1v) is 9.37. The third-order valence-corrected chi connectivity index (χ3v) is 4.78. The van der Waals surface area contributed by atoms with Crippen LogP contribution in [0.3, 0.4) is 0 Å². The molecular weight excluding hydrogens is 370 g/mol. The van der Waals surface area contributed by atoms with Crippen molar-refractivity contribution in [2.75, 3.05) is 0 Å². The van der Waals surface area contributed by atoms with Gasteiger partial charge in [0.25, 0.3) is 0 Å². The zero-order valence-corrected chi connectivity index (χ0v) is 16.1. The van der Waals surface area contributed by atoms with Gasteiger partial charge in [-0.05, 0) is 36.2 Å². The average molecular weight is 388 g/mol. The quantitative estimate of drug-likeness (QED) is 0.375. The van der Waals surface area contributed by atoms with Crippen LogP contribution >= 0.6 is 11.6 Å². The van der Waals surface area contributed by atoms with E-state index in [0.717, 1.165) is 27.6 Å². The molecule has 1 aromatic heterocycles. The third kappa shape index (κ3) is 3.62. The van der Waals surface area contributed by atoms with Crippen LogP contribution in [0.15, 0.2) is 78.9 Å². The normalized spacial score (nSPS) is 10.8. The Hall–Kier alpha value is -3.17. The van der Waals surface area contributed by atoms with Gasteiger partial charge in [-0.1, -0.05) is 72.3 Å². The number of halogens is 1. The molecule has 0 aliphatic carbocycles. The van der Waals surface area contributed by atoms with Crippen molar-refractivity contribution in [1.82, 2.24) is 4.98 Å². The standard InChI is InChI=1S/C24H18ClNO2/c1-16(27)22-23(18-10-6-3-7-11-18)20-14-19(25)12-13-21(20)26-24(22)28-15-17-8-4-2-5-9-17/h2-14H,15H2,1H3. The molecule has 4 aromatic rings. The van der Waals surface area contributed by atoms with Crippen LogP contribution in [0.4, 0.5) is 0 Å². The first-order valence-electron chi connectivity index (χ1n) is 9.00. The highest BCUT2D eigenvalue weighted by Crippen LogP contribution is 2.37. The van der Waals surface area contributed by atoms with Crippen molar-refractivity contribution in [3.05, 3.63) is 95.0 Å². The molecule has 4 heteroatoms. The van der Waals surface area contributed by atoms with Crippen LogP contribution in [-0.4, -0.2) is 10.8 Å². The van der Waals surface area contributed by atoms with E-state index in [1.165, 1.54) is 6.92 Å². The number of ether oxygens (including phenoxy) is 1. The number of aromatic nitrogens is 1. The highest BCUT2D eigenvalue weighted by atomic mass is 35.5. The van der Waals surface area contributed by atoms with E-state index in [4.69, 9.17) is 16.3 Å². The third-order valence-electron chi connectivity index (χ3n) is 4.55. The van der Waals surface area contributed by atoms with Crippen molar-refractivity contribution < 1.29 is 9.53 Å². The molecule has 3 aromatic carbocycles. The Morgan fingerprint density at radius 2 is 1.64 bits per heavy atom. The van der Waals surface area contributed by atoms with Crippen LogP contribution in [0.25, 0.3) is 22.0 Å². The summed E-state index contributed by atoms with van der Waals surface area (Å²) in [5, 5.41) is 1.43. The Balaban J connectivity index is 1.93. The Morgan fingerprint density at radius 3 is 2.32 bits per heavy atom. The van der Waals surface area contributed by atoms with Crippen molar-refractivity contribution >= 4 is 28.3 Å². The molecule has 1 heterocycles. The summed E-state index contributed by atoms with van der Waals surface area (Å²) in [6.45, 7) is 1.87. The van der Waals surface area contributed by atoms with Crippen LogP contribution in [0.2, 0.25) is 5.02 Å². The Kier molecular flexibility index (Phi) is 5.09. The fraction of sp³-hybridized carbons (Fsp3) is 0.0833. The van der Waals surface area contributed by atoms with Crippen molar-refractivity contribution in [3.63, 3.8) is 0 Å². The molecule has 0 N–H and O–H groups in total. The number of Topliss-reactive ketones (excluding diaryl/α,β-unsaturated/α-hetero) is 1. The minimum atomic E-state index is -0.101. The van der Waals surface area contributed by atoms with E-state index in [1.54, 1.807) is 6.07 Å². The summed E-state index contributed by atoms with van der Waals surface area (Å²) in [5.41, 5.74) is 3.93. The molecule has 0 amide bonds. The largest absolute Gasteiger partial charge is 0.472 e. The van der Waals surface area contributed by atoms with E-state index in [1.807, 2.05) is 72.8 Å². The van der Waals surface area contributed by atoms with Gasteiger partial charge in [-0.15, -0.1) is 0 Å². The maximum absolute atomic E-state index is 12.6. The van der Waals surface area contributed by atoms with Gasteiger partial charge in [-0.25, -0.2) is 4.98 Å². The fourth-order valence-electron chi connectivity index (χ4n) is 3.27. The van der Waals surface area contributed by atoms with Gasteiger partial charge in [0.15, 0.2) is 5.78 Å². The lowest BCUT2D eigenvalue weighted by molar-refractivity contribution is 0.101. The zero-order chi connectivity index (χ0) is 19.5. The molecule has 0 aliphatic heterocycles. The monoisotopic (exact) mass is 387 g/mol. The van der Waals surface area contributed by atoms with E-state index in [9.17, 15) is 4.79 Å². The number of rotatable bonds is 5.